The van der Waals surface area contributed by atoms with Gasteiger partial charge in [-0.1, -0.05) is 24.3 Å². The van der Waals surface area contributed by atoms with Crippen LogP contribution in [0.4, 0.5) is 5.69 Å². The van der Waals surface area contributed by atoms with E-state index in [0.717, 1.165) is 17.7 Å². The highest BCUT2D eigenvalue weighted by atomic mass is 16.5. The Morgan fingerprint density at radius 1 is 1.26 bits per heavy atom. The van der Waals surface area contributed by atoms with Crippen LogP contribution in [0.1, 0.15) is 25.0 Å². The fourth-order valence-electron chi connectivity index (χ4n) is 3.54. The molecule has 0 fully saturated rings. The number of nitrogens with zero attached hydrogens (tertiary/aromatic N) is 2. The van der Waals surface area contributed by atoms with E-state index in [1.165, 1.54) is 13.2 Å². The Bertz CT molecular complexity index is 1040. The number of anilines is 1. The number of carbonyl (C=O) groups is 2. The number of nitriles is 1. The predicted octanol–water partition coefficient (Wildman–Crippen LogP) is 3.52. The highest BCUT2D eigenvalue weighted by Crippen LogP contribution is 2.32. The number of ether oxygens (including phenoxy) is 3. The molecule has 1 amide bonds. The first-order chi connectivity index (χ1) is 14.9. The fourth-order valence-corrected chi connectivity index (χ4v) is 3.54. The molecule has 0 saturated carbocycles. The highest BCUT2D eigenvalue weighted by Gasteiger charge is 2.34. The van der Waals surface area contributed by atoms with E-state index in [1.54, 1.807) is 36.1 Å². The summed E-state index contributed by atoms with van der Waals surface area (Å²) in [4.78, 5) is 26.9. The van der Waals surface area contributed by atoms with Gasteiger partial charge in [0.1, 0.15) is 6.07 Å². The van der Waals surface area contributed by atoms with Crippen LogP contribution < -0.4 is 14.4 Å². The van der Waals surface area contributed by atoms with Gasteiger partial charge in [-0.3, -0.25) is 4.79 Å². The number of para-hydroxylation sites is 1. The molecule has 2 aromatic rings. The molecule has 0 aliphatic carbocycles. The fraction of sp³-hybridized carbons (Fsp3) is 0.292. The molecule has 2 aromatic carbocycles. The highest BCUT2D eigenvalue weighted by molar-refractivity contribution is 6.00. The monoisotopic (exact) mass is 420 g/mol. The van der Waals surface area contributed by atoms with Crippen LogP contribution >= 0.6 is 0 Å². The smallest absolute Gasteiger partial charge is 0.331 e. The first kappa shape index (κ1) is 21.9. The number of hydrogen-bond acceptors (Lipinski definition) is 6. The van der Waals surface area contributed by atoms with Gasteiger partial charge >= 0.3 is 5.97 Å². The van der Waals surface area contributed by atoms with Crippen LogP contribution in [-0.2, 0) is 20.7 Å². The molecular weight excluding hydrogens is 396 g/mol. The lowest BCUT2D eigenvalue weighted by Gasteiger charge is -2.25. The molecule has 1 aliphatic heterocycles. The topological polar surface area (TPSA) is 88.9 Å². The van der Waals surface area contributed by atoms with Gasteiger partial charge in [0.05, 0.1) is 7.11 Å². The normalized spacial score (nSPS) is 15.8. The van der Waals surface area contributed by atoms with Crippen LogP contribution in [0.2, 0.25) is 0 Å². The first-order valence-corrected chi connectivity index (χ1v) is 9.92. The number of methoxy groups -OCH3 is 1. The van der Waals surface area contributed by atoms with E-state index in [0.29, 0.717) is 17.1 Å². The third-order valence-corrected chi connectivity index (χ3v) is 4.98. The second-order valence-electron chi connectivity index (χ2n) is 7.16. The minimum Gasteiger partial charge on any atom is -0.493 e. The van der Waals surface area contributed by atoms with Crippen molar-refractivity contribution >= 4 is 23.6 Å². The number of amides is 1. The summed E-state index contributed by atoms with van der Waals surface area (Å²) in [5, 5.41) is 8.63. The van der Waals surface area contributed by atoms with Gasteiger partial charge in [0.2, 0.25) is 0 Å². The molecule has 0 aromatic heterocycles. The van der Waals surface area contributed by atoms with Gasteiger partial charge in [0, 0.05) is 17.8 Å². The van der Waals surface area contributed by atoms with Gasteiger partial charge in [-0.25, -0.2) is 4.79 Å². The summed E-state index contributed by atoms with van der Waals surface area (Å²) in [5.41, 5.74) is 2.65. The zero-order valence-corrected chi connectivity index (χ0v) is 17.7. The summed E-state index contributed by atoms with van der Waals surface area (Å²) in [6.07, 6.45) is 2.68. The summed E-state index contributed by atoms with van der Waals surface area (Å²) < 4.78 is 15.9. The molecule has 7 nitrogen and oxygen atoms in total. The van der Waals surface area contributed by atoms with E-state index in [-0.39, 0.29) is 18.6 Å². The third kappa shape index (κ3) is 5.04. The maximum Gasteiger partial charge on any atom is 0.331 e. The summed E-state index contributed by atoms with van der Waals surface area (Å²) in [5.74, 6) is 0.00336. The standard InChI is InChI=1S/C24H24N2O5/c1-16-14-19-6-4-5-7-20(19)26(16)24(28)17(2)31-23(27)11-9-18-8-10-21(30-13-12-25)22(15-18)29-3/h4-11,15-17H,13-14H2,1-3H3/b11-9+/t16-,17+/m1/s1. The number of hydrogen-bond donors (Lipinski definition) is 0. The summed E-state index contributed by atoms with van der Waals surface area (Å²) in [6.45, 7) is 3.46. The van der Waals surface area contributed by atoms with Crippen molar-refractivity contribution in [1.29, 1.82) is 5.26 Å². The first-order valence-electron chi connectivity index (χ1n) is 9.92. The summed E-state index contributed by atoms with van der Waals surface area (Å²) >= 11 is 0. The quantitative estimate of drug-likeness (QED) is 0.503. The molecule has 3 rings (SSSR count). The van der Waals surface area contributed by atoms with Crippen molar-refractivity contribution in [3.8, 4) is 17.6 Å². The van der Waals surface area contributed by atoms with E-state index in [9.17, 15) is 9.59 Å². The minimum atomic E-state index is -0.915. The zero-order chi connectivity index (χ0) is 22.4. The molecule has 0 saturated heterocycles. The molecule has 1 aliphatic rings. The largest absolute Gasteiger partial charge is 0.493 e. The SMILES string of the molecule is COc1cc(/C=C/C(=O)O[C@@H](C)C(=O)N2c3ccccc3C[C@H]2C)ccc1OCC#N. The molecule has 31 heavy (non-hydrogen) atoms. The maximum absolute atomic E-state index is 12.9. The van der Waals surface area contributed by atoms with Gasteiger partial charge in [-0.2, -0.15) is 5.26 Å². The second kappa shape index (κ2) is 9.81. The van der Waals surface area contributed by atoms with Crippen molar-refractivity contribution in [3.05, 3.63) is 59.7 Å². The van der Waals surface area contributed by atoms with Gasteiger partial charge in [-0.15, -0.1) is 0 Å². The van der Waals surface area contributed by atoms with Gasteiger partial charge in [0.15, 0.2) is 24.2 Å². The van der Waals surface area contributed by atoms with Crippen LogP contribution in [0.25, 0.3) is 6.08 Å². The lowest BCUT2D eigenvalue weighted by atomic mass is 10.1. The van der Waals surface area contributed by atoms with E-state index in [1.807, 2.05) is 37.3 Å². The molecule has 2 atom stereocenters. The molecule has 0 radical (unpaired) electrons. The van der Waals surface area contributed by atoms with Crippen molar-refractivity contribution in [1.82, 2.24) is 0 Å². The van der Waals surface area contributed by atoms with Crippen LogP contribution in [0.3, 0.4) is 0 Å². The molecule has 0 N–H and O–H groups in total. The van der Waals surface area contributed by atoms with Crippen molar-refractivity contribution in [3.63, 3.8) is 0 Å². The molecule has 0 spiro atoms. The van der Waals surface area contributed by atoms with Crippen LogP contribution in [-0.4, -0.2) is 37.7 Å². The number of carbonyl (C=O) groups excluding carboxylic acids is 2. The molecular formula is C24H24N2O5. The van der Waals surface area contributed by atoms with Crippen LogP contribution in [0.5, 0.6) is 11.5 Å². The van der Waals surface area contributed by atoms with Crippen LogP contribution in [0, 0.1) is 11.3 Å². The van der Waals surface area contributed by atoms with Crippen molar-refractivity contribution < 1.29 is 23.8 Å². The lowest BCUT2D eigenvalue weighted by molar-refractivity contribution is -0.149. The van der Waals surface area contributed by atoms with E-state index in [2.05, 4.69) is 0 Å². The number of esters is 1. The molecule has 7 heteroatoms. The van der Waals surface area contributed by atoms with E-state index < -0.39 is 12.1 Å². The van der Waals surface area contributed by atoms with Crippen molar-refractivity contribution in [2.24, 2.45) is 0 Å². The average Bonchev–Trinajstić information content (AvgIpc) is 3.11. The number of rotatable bonds is 7. The number of fused-ring (bicyclic) bond motifs is 1. The Hall–Kier alpha value is -3.79. The van der Waals surface area contributed by atoms with Crippen molar-refractivity contribution in [2.75, 3.05) is 18.6 Å². The predicted molar refractivity (Wildman–Crippen MR) is 116 cm³/mol. The molecule has 0 unspecified atom stereocenters. The summed E-state index contributed by atoms with van der Waals surface area (Å²) in [6, 6.07) is 14.7. The van der Waals surface area contributed by atoms with Crippen LogP contribution in [0.15, 0.2) is 48.5 Å². The maximum atomic E-state index is 12.9. The average molecular weight is 420 g/mol. The van der Waals surface area contributed by atoms with E-state index >= 15 is 0 Å². The Morgan fingerprint density at radius 3 is 2.77 bits per heavy atom. The van der Waals surface area contributed by atoms with Gasteiger partial charge < -0.3 is 19.1 Å². The summed E-state index contributed by atoms with van der Waals surface area (Å²) in [7, 11) is 1.49. The zero-order valence-electron chi connectivity index (χ0n) is 17.7. The Kier molecular flexibility index (Phi) is 6.93. The lowest BCUT2D eigenvalue weighted by Crippen LogP contribution is -2.43. The molecule has 0 bridgehead atoms. The third-order valence-electron chi connectivity index (χ3n) is 4.98. The second-order valence-corrected chi connectivity index (χ2v) is 7.16. The molecule has 160 valence electrons. The molecule has 1 heterocycles. The van der Waals surface area contributed by atoms with Crippen molar-refractivity contribution in [2.45, 2.75) is 32.4 Å². The van der Waals surface area contributed by atoms with E-state index in [4.69, 9.17) is 19.5 Å². The van der Waals surface area contributed by atoms with Gasteiger partial charge in [-0.05, 0) is 55.7 Å². The van der Waals surface area contributed by atoms with Gasteiger partial charge in [0.25, 0.3) is 5.91 Å². The Balaban J connectivity index is 1.63. The minimum absolute atomic E-state index is 0.0100. The Morgan fingerprint density at radius 2 is 2.03 bits per heavy atom. The number of benzene rings is 2. The Labute approximate surface area is 181 Å².